The van der Waals surface area contributed by atoms with Crippen molar-refractivity contribution in [1.29, 1.82) is 0 Å². The van der Waals surface area contributed by atoms with E-state index in [1.54, 1.807) is 35.4 Å². The molecule has 1 saturated heterocycles. The van der Waals surface area contributed by atoms with Gasteiger partial charge >= 0.3 is 0 Å². The summed E-state index contributed by atoms with van der Waals surface area (Å²) in [4.78, 5) is 16.6. The maximum atomic E-state index is 12.3. The molecule has 128 valence electrons. The van der Waals surface area contributed by atoms with E-state index in [0.717, 1.165) is 11.8 Å². The molecular formula is C15H19N5O3S. The van der Waals surface area contributed by atoms with Crippen molar-refractivity contribution in [2.24, 2.45) is 0 Å². The fraction of sp³-hybridized carbons (Fsp3) is 0.400. The Balaban J connectivity index is 1.66. The molecule has 2 aromatic rings. The van der Waals surface area contributed by atoms with Gasteiger partial charge in [-0.25, -0.2) is 18.1 Å². The highest BCUT2D eigenvalue weighted by Crippen LogP contribution is 2.20. The molecule has 24 heavy (non-hydrogen) atoms. The first-order valence-corrected chi connectivity index (χ1v) is 9.49. The van der Waals surface area contributed by atoms with E-state index < -0.39 is 16.1 Å². The van der Waals surface area contributed by atoms with Gasteiger partial charge in [0.2, 0.25) is 15.9 Å². The Morgan fingerprint density at radius 2 is 2.25 bits per heavy atom. The summed E-state index contributed by atoms with van der Waals surface area (Å²) in [5.74, 6) is 0.390. The van der Waals surface area contributed by atoms with Gasteiger partial charge in [0.25, 0.3) is 0 Å². The van der Waals surface area contributed by atoms with Crippen LogP contribution in [0.2, 0.25) is 0 Å². The van der Waals surface area contributed by atoms with Gasteiger partial charge in [0.05, 0.1) is 6.26 Å². The first-order valence-electron chi connectivity index (χ1n) is 7.64. The number of amides is 1. The van der Waals surface area contributed by atoms with E-state index in [9.17, 15) is 13.2 Å². The number of carbonyl (C=O) groups excluding carboxylic acids is 1. The monoisotopic (exact) mass is 349 g/mol. The zero-order valence-electron chi connectivity index (χ0n) is 13.3. The smallest absolute Gasteiger partial charge is 0.238 e. The van der Waals surface area contributed by atoms with E-state index >= 15 is 0 Å². The highest BCUT2D eigenvalue weighted by Gasteiger charge is 2.36. The van der Waals surface area contributed by atoms with E-state index in [-0.39, 0.29) is 5.91 Å². The van der Waals surface area contributed by atoms with Crippen LogP contribution in [0.1, 0.15) is 18.4 Å². The van der Waals surface area contributed by atoms with Crippen LogP contribution in [-0.2, 0) is 21.4 Å². The van der Waals surface area contributed by atoms with Crippen LogP contribution in [0.4, 0.5) is 0 Å². The minimum absolute atomic E-state index is 0.268. The Bertz CT molecular complexity index is 819. The molecule has 3 rings (SSSR count). The molecular weight excluding hydrogens is 330 g/mol. The van der Waals surface area contributed by atoms with E-state index in [1.165, 1.54) is 4.31 Å². The largest absolute Gasteiger partial charge is 0.351 e. The molecule has 3 heterocycles. The molecule has 0 aliphatic carbocycles. The topological polar surface area (TPSA) is 97.2 Å². The Kier molecular flexibility index (Phi) is 4.63. The molecule has 1 unspecified atom stereocenters. The SMILES string of the molecule is CS(=O)(=O)N1CCCC1C(=O)NCc1ccnc(-n2cccn2)c1. The summed E-state index contributed by atoms with van der Waals surface area (Å²) in [7, 11) is -3.37. The van der Waals surface area contributed by atoms with Crippen molar-refractivity contribution >= 4 is 15.9 Å². The fourth-order valence-corrected chi connectivity index (χ4v) is 3.93. The van der Waals surface area contributed by atoms with Crippen LogP contribution in [0.15, 0.2) is 36.8 Å². The van der Waals surface area contributed by atoms with Crippen molar-refractivity contribution in [2.45, 2.75) is 25.4 Å². The lowest BCUT2D eigenvalue weighted by Gasteiger charge is -2.21. The van der Waals surface area contributed by atoms with Crippen LogP contribution >= 0.6 is 0 Å². The maximum absolute atomic E-state index is 12.3. The average molecular weight is 349 g/mol. The molecule has 1 atom stereocenters. The van der Waals surface area contributed by atoms with Crippen molar-refractivity contribution in [2.75, 3.05) is 12.8 Å². The maximum Gasteiger partial charge on any atom is 0.238 e. The third-order valence-corrected chi connectivity index (χ3v) is 5.24. The third kappa shape index (κ3) is 3.62. The number of nitrogens with one attached hydrogen (secondary N) is 1. The summed E-state index contributed by atoms with van der Waals surface area (Å²) in [6.07, 6.45) is 7.48. The molecule has 0 aromatic carbocycles. The highest BCUT2D eigenvalue weighted by atomic mass is 32.2. The van der Waals surface area contributed by atoms with Crippen molar-refractivity contribution in [1.82, 2.24) is 24.4 Å². The predicted octanol–water partition coefficient (Wildman–Crippen LogP) is 0.308. The first kappa shape index (κ1) is 16.6. The van der Waals surface area contributed by atoms with Gasteiger partial charge < -0.3 is 5.32 Å². The number of carbonyl (C=O) groups is 1. The lowest BCUT2D eigenvalue weighted by Crippen LogP contribution is -2.45. The normalized spacial score (nSPS) is 18.6. The summed E-state index contributed by atoms with van der Waals surface area (Å²) in [6, 6.07) is 4.81. The van der Waals surface area contributed by atoms with E-state index in [1.807, 2.05) is 6.07 Å². The Hall–Kier alpha value is -2.26. The van der Waals surface area contributed by atoms with Crippen LogP contribution in [0.25, 0.3) is 5.82 Å². The Morgan fingerprint density at radius 3 is 2.96 bits per heavy atom. The second-order valence-electron chi connectivity index (χ2n) is 5.72. The minimum Gasteiger partial charge on any atom is -0.351 e. The van der Waals surface area contributed by atoms with Crippen molar-refractivity contribution in [3.63, 3.8) is 0 Å². The second kappa shape index (κ2) is 6.70. The quantitative estimate of drug-likeness (QED) is 0.838. The lowest BCUT2D eigenvalue weighted by molar-refractivity contribution is -0.124. The van der Waals surface area contributed by atoms with Crippen LogP contribution in [0, 0.1) is 0 Å². The average Bonchev–Trinajstić information content (AvgIpc) is 3.23. The summed E-state index contributed by atoms with van der Waals surface area (Å²) in [5.41, 5.74) is 0.868. The number of aromatic nitrogens is 3. The van der Waals surface area contributed by atoms with Crippen molar-refractivity contribution < 1.29 is 13.2 Å². The van der Waals surface area contributed by atoms with Gasteiger partial charge in [-0.05, 0) is 36.6 Å². The number of nitrogens with zero attached hydrogens (tertiary/aromatic N) is 4. The number of pyridine rings is 1. The van der Waals surface area contributed by atoms with Crippen molar-refractivity contribution in [3.05, 3.63) is 42.4 Å². The molecule has 9 heteroatoms. The molecule has 1 aliphatic rings. The minimum atomic E-state index is -3.37. The standard InChI is InChI=1S/C15H19N5O3S/c1-24(22,23)20-9-2-4-13(20)15(21)17-11-12-5-7-16-14(10-12)19-8-3-6-18-19/h3,5-8,10,13H,2,4,9,11H2,1H3,(H,17,21). The lowest BCUT2D eigenvalue weighted by atomic mass is 10.2. The summed E-state index contributed by atoms with van der Waals surface area (Å²) in [5, 5.41) is 6.93. The van der Waals surface area contributed by atoms with Crippen molar-refractivity contribution in [3.8, 4) is 5.82 Å². The summed E-state index contributed by atoms with van der Waals surface area (Å²) < 4.78 is 26.4. The third-order valence-electron chi connectivity index (χ3n) is 3.95. The van der Waals surface area contributed by atoms with Gasteiger partial charge in [0.15, 0.2) is 5.82 Å². The summed E-state index contributed by atoms with van der Waals surface area (Å²) >= 11 is 0. The molecule has 1 fully saturated rings. The van der Waals surface area contributed by atoms with Crippen LogP contribution in [-0.4, -0.2) is 52.2 Å². The molecule has 8 nitrogen and oxygen atoms in total. The predicted molar refractivity (Wildman–Crippen MR) is 87.8 cm³/mol. The number of hydrogen-bond acceptors (Lipinski definition) is 5. The van der Waals surface area contributed by atoms with Gasteiger partial charge in [-0.3, -0.25) is 4.79 Å². The van der Waals surface area contributed by atoms with Gasteiger partial charge in [0, 0.05) is 31.7 Å². The zero-order valence-corrected chi connectivity index (χ0v) is 14.1. The van der Waals surface area contributed by atoms with Gasteiger partial charge in [-0.1, -0.05) is 0 Å². The van der Waals surface area contributed by atoms with Crippen LogP contribution < -0.4 is 5.32 Å². The van der Waals surface area contributed by atoms with E-state index in [4.69, 9.17) is 0 Å². The molecule has 0 radical (unpaired) electrons. The molecule has 1 N–H and O–H groups in total. The first-order chi connectivity index (χ1) is 11.4. The van der Waals surface area contributed by atoms with Gasteiger partial charge in [-0.15, -0.1) is 0 Å². The number of rotatable bonds is 5. The van der Waals surface area contributed by atoms with E-state index in [0.29, 0.717) is 31.7 Å². The number of hydrogen-bond donors (Lipinski definition) is 1. The molecule has 0 bridgehead atoms. The van der Waals surface area contributed by atoms with Crippen LogP contribution in [0.3, 0.4) is 0 Å². The molecule has 1 amide bonds. The highest BCUT2D eigenvalue weighted by molar-refractivity contribution is 7.88. The second-order valence-corrected chi connectivity index (χ2v) is 7.66. The Labute approximate surface area is 140 Å². The summed E-state index contributed by atoms with van der Waals surface area (Å²) in [6.45, 7) is 0.708. The molecule has 0 saturated carbocycles. The fourth-order valence-electron chi connectivity index (χ4n) is 2.81. The number of sulfonamides is 1. The van der Waals surface area contributed by atoms with Gasteiger partial charge in [-0.2, -0.15) is 9.40 Å². The Morgan fingerprint density at radius 1 is 1.42 bits per heavy atom. The van der Waals surface area contributed by atoms with Crippen LogP contribution in [0.5, 0.6) is 0 Å². The molecule has 2 aromatic heterocycles. The zero-order chi connectivity index (χ0) is 17.2. The van der Waals surface area contributed by atoms with Gasteiger partial charge in [0.1, 0.15) is 6.04 Å². The molecule has 0 spiro atoms. The van der Waals surface area contributed by atoms with E-state index in [2.05, 4.69) is 15.4 Å². The molecule has 1 aliphatic heterocycles.